The van der Waals surface area contributed by atoms with E-state index in [0.717, 1.165) is 28.4 Å². The minimum Gasteiger partial charge on any atom is -0.311 e. The van der Waals surface area contributed by atoms with Crippen LogP contribution in [0.4, 0.5) is 51.2 Å². The first kappa shape index (κ1) is 49.3. The summed E-state index contributed by atoms with van der Waals surface area (Å²) in [5.41, 5.74) is 27.8. The van der Waals surface area contributed by atoms with Crippen molar-refractivity contribution >= 4 is 86.0 Å². The van der Waals surface area contributed by atoms with Crippen molar-refractivity contribution in [3.63, 3.8) is 0 Å². The summed E-state index contributed by atoms with van der Waals surface area (Å²) in [4.78, 5) is 10.3. The number of rotatable bonds is 6. The Labute approximate surface area is 482 Å². The van der Waals surface area contributed by atoms with Gasteiger partial charge in [0, 0.05) is 60.9 Å². The van der Waals surface area contributed by atoms with Gasteiger partial charge in [0.1, 0.15) is 0 Å². The third kappa shape index (κ3) is 7.58. The average Bonchev–Trinajstić information content (AvgIpc) is 2.54. The molecule has 5 heteroatoms. The second kappa shape index (κ2) is 18.4. The molecule has 11 aromatic rings. The molecule has 15 rings (SSSR count). The Hall–Kier alpha value is -8.77. The maximum atomic E-state index is 2.67. The lowest BCUT2D eigenvalue weighted by molar-refractivity contribution is 0.590. The molecule has 1 spiro atoms. The van der Waals surface area contributed by atoms with Gasteiger partial charge in [0.05, 0.1) is 11.1 Å². The molecule has 0 saturated carbocycles. The topological polar surface area (TPSA) is 9.72 Å². The summed E-state index contributed by atoms with van der Waals surface area (Å²) in [7, 11) is 0. The van der Waals surface area contributed by atoms with Crippen LogP contribution >= 0.6 is 11.8 Å². The average molecular weight is 1060 g/mol. The Balaban J connectivity index is 1.05. The molecule has 0 saturated heterocycles. The molecule has 11 aromatic carbocycles. The third-order valence-electron chi connectivity index (χ3n) is 17.6. The number of aryl methyl sites for hydroxylation is 1. The van der Waals surface area contributed by atoms with E-state index in [9.17, 15) is 0 Å². The van der Waals surface area contributed by atoms with Gasteiger partial charge in [0.15, 0.2) is 0 Å². The Kier molecular flexibility index (Phi) is 11.2. The van der Waals surface area contributed by atoms with Crippen LogP contribution in [-0.4, -0.2) is 6.71 Å². The number of hydrogen-bond acceptors (Lipinski definition) is 4. The molecular formula is C76H62BN3S. The Morgan fingerprint density at radius 3 is 1.49 bits per heavy atom. The fourth-order valence-electron chi connectivity index (χ4n) is 13.9. The number of hydrogen-bond donors (Lipinski definition) is 0. The number of nitrogens with zero attached hydrogens (tertiary/aromatic N) is 3. The van der Waals surface area contributed by atoms with Gasteiger partial charge >= 0.3 is 0 Å². The number of para-hydroxylation sites is 2. The van der Waals surface area contributed by atoms with E-state index in [1.807, 2.05) is 11.8 Å². The van der Waals surface area contributed by atoms with E-state index >= 15 is 0 Å². The van der Waals surface area contributed by atoms with Crippen LogP contribution in [0.2, 0.25) is 0 Å². The quantitative estimate of drug-likeness (QED) is 0.153. The summed E-state index contributed by atoms with van der Waals surface area (Å²) in [5.74, 6) is 0. The predicted octanol–water partition coefficient (Wildman–Crippen LogP) is 18.6. The highest BCUT2D eigenvalue weighted by Gasteiger charge is 2.52. The maximum absolute atomic E-state index is 2.67. The highest BCUT2D eigenvalue weighted by molar-refractivity contribution is 7.99. The highest BCUT2D eigenvalue weighted by atomic mass is 32.2. The van der Waals surface area contributed by atoms with Crippen molar-refractivity contribution in [3.05, 3.63) is 288 Å². The van der Waals surface area contributed by atoms with Gasteiger partial charge in [-0.05, 0) is 175 Å². The van der Waals surface area contributed by atoms with Gasteiger partial charge in [0.25, 0.3) is 6.71 Å². The number of benzene rings is 11. The van der Waals surface area contributed by atoms with E-state index in [1.165, 1.54) is 110 Å². The van der Waals surface area contributed by atoms with Crippen molar-refractivity contribution in [2.75, 3.05) is 14.7 Å². The van der Waals surface area contributed by atoms with Crippen molar-refractivity contribution in [1.82, 2.24) is 0 Å². The molecule has 0 atom stereocenters. The van der Waals surface area contributed by atoms with E-state index in [1.54, 1.807) is 0 Å². The largest absolute Gasteiger partial charge is 0.311 e. The van der Waals surface area contributed by atoms with Gasteiger partial charge in [-0.25, -0.2) is 0 Å². The van der Waals surface area contributed by atoms with Gasteiger partial charge in [0.2, 0.25) is 0 Å². The van der Waals surface area contributed by atoms with Crippen LogP contribution < -0.4 is 31.1 Å². The molecule has 0 radical (unpaired) electrons. The molecule has 3 nitrogen and oxygen atoms in total. The molecule has 81 heavy (non-hydrogen) atoms. The molecule has 3 aliphatic heterocycles. The lowest BCUT2D eigenvalue weighted by Crippen LogP contribution is -2.61. The van der Waals surface area contributed by atoms with Gasteiger partial charge in [-0.3, -0.25) is 0 Å². The van der Waals surface area contributed by atoms with Crippen LogP contribution in [0.15, 0.2) is 259 Å². The van der Waals surface area contributed by atoms with Crippen LogP contribution in [0.3, 0.4) is 0 Å². The van der Waals surface area contributed by atoms with Crippen LogP contribution in [0, 0.1) is 6.92 Å². The molecule has 0 amide bonds. The predicted molar refractivity (Wildman–Crippen MR) is 344 cm³/mol. The monoisotopic (exact) mass is 1060 g/mol. The van der Waals surface area contributed by atoms with Crippen molar-refractivity contribution < 1.29 is 0 Å². The molecule has 4 aliphatic rings. The zero-order chi connectivity index (χ0) is 54.9. The molecule has 0 N–H and O–H groups in total. The summed E-state index contributed by atoms with van der Waals surface area (Å²) in [5, 5.41) is 0. The summed E-state index contributed by atoms with van der Waals surface area (Å²) >= 11 is 1.90. The molecule has 0 fully saturated rings. The fourth-order valence-corrected chi connectivity index (χ4v) is 15.1. The first-order valence-corrected chi connectivity index (χ1v) is 29.4. The zero-order valence-electron chi connectivity index (χ0n) is 47.0. The SMILES string of the molecule is Cc1cc2c3c(c1)N(c1ccc(C(C)(C)C)cc1)c1cc4c(cc1B3c1ccc(N(c3ccccc3)c3ccccc3-c3ccccc3)cc1N2c1ccc(C(C)(C)C)cc1)C1(c2ccccc2Sc2ccccc21)c1ccccc1-4. The second-order valence-corrected chi connectivity index (χ2v) is 25.6. The third-order valence-corrected chi connectivity index (χ3v) is 18.8. The van der Waals surface area contributed by atoms with E-state index in [4.69, 9.17) is 0 Å². The second-order valence-electron chi connectivity index (χ2n) is 24.6. The van der Waals surface area contributed by atoms with Crippen LogP contribution in [-0.2, 0) is 16.2 Å². The molecule has 1 aliphatic carbocycles. The zero-order valence-corrected chi connectivity index (χ0v) is 47.8. The number of fused-ring (bicyclic) bond motifs is 13. The fraction of sp³-hybridized carbons (Fsp3) is 0.132. The minimum atomic E-state index is -0.542. The summed E-state index contributed by atoms with van der Waals surface area (Å²) in [6, 6.07) is 94.6. The molecule has 0 bridgehead atoms. The molecule has 3 heterocycles. The summed E-state index contributed by atoms with van der Waals surface area (Å²) in [6.45, 7) is 16.0. The van der Waals surface area contributed by atoms with Crippen molar-refractivity contribution in [2.45, 2.75) is 74.5 Å². The van der Waals surface area contributed by atoms with E-state index in [-0.39, 0.29) is 17.5 Å². The van der Waals surface area contributed by atoms with Gasteiger partial charge in [-0.1, -0.05) is 217 Å². The Bertz CT molecular complexity index is 4260. The first-order chi connectivity index (χ1) is 39.4. The van der Waals surface area contributed by atoms with E-state index in [0.29, 0.717) is 0 Å². The van der Waals surface area contributed by atoms with Crippen LogP contribution in [0.25, 0.3) is 22.3 Å². The summed E-state index contributed by atoms with van der Waals surface area (Å²) < 4.78 is 0. The lowest BCUT2D eigenvalue weighted by atomic mass is 9.33. The maximum Gasteiger partial charge on any atom is 0.252 e. The standard InChI is InChI=1S/C76H62BN3S/c1-49-44-69-73-70(45-49)80(55-40-36-52(37-41-55)75(5,6)7)68-47-59-58-27-14-16-28-60(58)76(61-29-17-20-32-71(61)81-72-33-21-18-30-62(72)76)63(59)48-65(68)77(73)64-43-42-56(46-67(64)79(69)54-38-34-51(35-39-54)74(2,3)4)78(53-24-12-9-13-25-53)66-31-19-15-26-57(66)50-22-10-8-11-23-50/h8-48H,1-7H3. The normalized spacial score (nSPS) is 14.1. The molecule has 390 valence electrons. The van der Waals surface area contributed by atoms with E-state index < -0.39 is 5.41 Å². The van der Waals surface area contributed by atoms with Gasteiger partial charge in [-0.2, -0.15) is 0 Å². The van der Waals surface area contributed by atoms with E-state index in [2.05, 4.69) is 312 Å². The summed E-state index contributed by atoms with van der Waals surface area (Å²) in [6.07, 6.45) is 0. The van der Waals surface area contributed by atoms with Crippen molar-refractivity contribution in [2.24, 2.45) is 0 Å². The van der Waals surface area contributed by atoms with Crippen LogP contribution in [0.1, 0.15) is 80.5 Å². The van der Waals surface area contributed by atoms with Crippen LogP contribution in [0.5, 0.6) is 0 Å². The lowest BCUT2D eigenvalue weighted by Gasteiger charge is -2.45. The van der Waals surface area contributed by atoms with Crippen molar-refractivity contribution in [1.29, 1.82) is 0 Å². The Morgan fingerprint density at radius 1 is 0.395 bits per heavy atom. The molecule has 0 aromatic heterocycles. The Morgan fingerprint density at radius 2 is 0.901 bits per heavy atom. The first-order valence-electron chi connectivity index (χ1n) is 28.6. The van der Waals surface area contributed by atoms with Gasteiger partial charge in [-0.15, -0.1) is 0 Å². The number of anilines is 9. The van der Waals surface area contributed by atoms with Crippen molar-refractivity contribution in [3.8, 4) is 22.3 Å². The molecular weight excluding hydrogens is 998 g/mol. The smallest absolute Gasteiger partial charge is 0.252 e. The minimum absolute atomic E-state index is 0.000959. The highest BCUT2D eigenvalue weighted by Crippen LogP contribution is 2.63. The molecule has 0 unspecified atom stereocenters. The van der Waals surface area contributed by atoms with Gasteiger partial charge < -0.3 is 14.7 Å².